The lowest BCUT2D eigenvalue weighted by molar-refractivity contribution is 0.168. The molecule has 46 heavy (non-hydrogen) atoms. The number of aliphatic hydroxyl groups excluding tert-OH is 1. The lowest BCUT2D eigenvalue weighted by Gasteiger charge is -2.39. The van der Waals surface area contributed by atoms with Crippen molar-refractivity contribution in [2.45, 2.75) is 95.4 Å². The van der Waals surface area contributed by atoms with E-state index in [0.29, 0.717) is 46.1 Å². The van der Waals surface area contributed by atoms with Crippen molar-refractivity contribution in [2.24, 2.45) is 0 Å². The Morgan fingerprint density at radius 2 is 2.02 bits per heavy atom. The molecule has 8 rings (SSSR count). The summed E-state index contributed by atoms with van der Waals surface area (Å²) in [6, 6.07) is 4.72. The van der Waals surface area contributed by atoms with Gasteiger partial charge in [0.25, 0.3) is 0 Å². The molecule has 5 aromatic heterocycles. The van der Waals surface area contributed by atoms with Gasteiger partial charge >= 0.3 is 0 Å². The molecule has 6 heterocycles. The van der Waals surface area contributed by atoms with E-state index < -0.39 is 11.5 Å². The summed E-state index contributed by atoms with van der Waals surface area (Å²) >= 11 is 1.54. The van der Waals surface area contributed by atoms with E-state index in [2.05, 4.69) is 30.1 Å². The number of nitriles is 1. The second-order valence-corrected chi connectivity index (χ2v) is 14.4. The van der Waals surface area contributed by atoms with Gasteiger partial charge in [-0.3, -0.25) is 4.68 Å². The Balaban J connectivity index is 1.26. The van der Waals surface area contributed by atoms with E-state index in [-0.39, 0.29) is 6.04 Å². The molecular weight excluding hydrogens is 600 g/mol. The number of aliphatic hydroxyl groups is 1. The van der Waals surface area contributed by atoms with E-state index in [1.807, 2.05) is 23.1 Å². The monoisotopic (exact) mass is 638 g/mol. The van der Waals surface area contributed by atoms with Gasteiger partial charge in [-0.25, -0.2) is 14.6 Å². The highest BCUT2D eigenvalue weighted by Crippen LogP contribution is 2.55. The van der Waals surface area contributed by atoms with Gasteiger partial charge in [0.1, 0.15) is 22.5 Å². The molecule has 4 unspecified atom stereocenters. The van der Waals surface area contributed by atoms with Crippen LogP contribution in [0.4, 0.5) is 5.00 Å². The van der Waals surface area contributed by atoms with Crippen LogP contribution in [-0.4, -0.2) is 70.4 Å². The zero-order valence-electron chi connectivity index (χ0n) is 26.4. The number of hydrogen-bond acceptors (Lipinski definition) is 11. The Morgan fingerprint density at radius 3 is 2.78 bits per heavy atom. The fraction of sp³-hybridized carbons (Fsp3) is 0.515. The van der Waals surface area contributed by atoms with Gasteiger partial charge in [-0.05, 0) is 90.4 Å². The molecule has 1 saturated heterocycles. The number of anilines is 1. The zero-order chi connectivity index (χ0) is 31.7. The lowest BCUT2D eigenvalue weighted by atomic mass is 9.63. The van der Waals surface area contributed by atoms with Gasteiger partial charge in [-0.1, -0.05) is 5.16 Å². The van der Waals surface area contributed by atoms with Crippen LogP contribution in [-0.2, 0) is 24.8 Å². The molecule has 1 fully saturated rings. The topological polar surface area (TPSA) is 161 Å². The number of thiophene rings is 1. The number of aryl methyl sites for hydroxylation is 1. The van der Waals surface area contributed by atoms with Crippen LogP contribution in [0.2, 0.25) is 0 Å². The van der Waals surface area contributed by atoms with Gasteiger partial charge in [0.05, 0.1) is 35.1 Å². The smallest absolute Gasteiger partial charge is 0.184 e. The second kappa shape index (κ2) is 11.0. The summed E-state index contributed by atoms with van der Waals surface area (Å²) in [5.41, 5.74) is 11.4. The summed E-state index contributed by atoms with van der Waals surface area (Å²) in [5.74, 6) is 1.35. The number of hydrogen-bond donors (Lipinski definition) is 2. The van der Waals surface area contributed by atoms with Crippen molar-refractivity contribution in [2.75, 3.05) is 19.3 Å². The molecule has 3 N–H and O–H groups in total. The van der Waals surface area contributed by atoms with Crippen molar-refractivity contribution in [1.29, 1.82) is 5.26 Å². The Kier molecular flexibility index (Phi) is 7.00. The molecule has 0 amide bonds. The molecule has 1 aliphatic heterocycles. The number of likely N-dealkylation sites (N-methyl/N-ethyl adjacent to an activating group) is 1. The van der Waals surface area contributed by atoms with Gasteiger partial charge in [-0.2, -0.15) is 15.5 Å². The van der Waals surface area contributed by atoms with Crippen molar-refractivity contribution >= 4 is 27.4 Å². The molecule has 2 aliphatic carbocycles. The molecule has 12 nitrogen and oxygen atoms in total. The Morgan fingerprint density at radius 1 is 1.20 bits per heavy atom. The van der Waals surface area contributed by atoms with Crippen molar-refractivity contribution in [1.82, 2.24) is 39.6 Å². The summed E-state index contributed by atoms with van der Waals surface area (Å²) in [5, 5.41) is 35.9. The lowest BCUT2D eigenvalue weighted by Crippen LogP contribution is -2.35. The summed E-state index contributed by atoms with van der Waals surface area (Å²) in [6.45, 7) is 5.41. The first-order valence-electron chi connectivity index (χ1n) is 16.3. The molecule has 5 aromatic rings. The average molecular weight is 639 g/mol. The third-order valence-corrected chi connectivity index (χ3v) is 11.5. The molecule has 0 bridgehead atoms. The Labute approximate surface area is 270 Å². The maximum absolute atomic E-state index is 10.1. The molecule has 0 radical (unpaired) electrons. The molecule has 0 saturated carbocycles. The molecular formula is C33H38N10O2S. The average Bonchev–Trinajstić information content (AvgIpc) is 3.86. The first kappa shape index (κ1) is 29.3. The normalized spacial score (nSPS) is 22.6. The number of nitrogen functional groups attached to an aromatic ring is 1. The first-order chi connectivity index (χ1) is 22.3. The highest BCUT2D eigenvalue weighted by molar-refractivity contribution is 7.16. The number of rotatable bonds is 6. The SMILES string of the molecule is CC(O)Cn1ccc(-c2nn(C(C)C3CCCN3C)c3nc(-c4noc5c4CCCC54CCCc5sc(N)c(C#N)c54)ncc23)n1. The number of nitrogens with zero attached hydrogens (tertiary/aromatic N) is 9. The molecule has 3 aliphatic rings. The van der Waals surface area contributed by atoms with Crippen molar-refractivity contribution in [3.05, 3.63) is 45.8 Å². The summed E-state index contributed by atoms with van der Waals surface area (Å²) in [7, 11) is 2.17. The fourth-order valence-electron chi connectivity index (χ4n) is 8.30. The number of fused-ring (bicyclic) bond motifs is 5. The summed E-state index contributed by atoms with van der Waals surface area (Å²) < 4.78 is 10.0. The van der Waals surface area contributed by atoms with E-state index >= 15 is 0 Å². The van der Waals surface area contributed by atoms with E-state index in [4.69, 9.17) is 30.4 Å². The van der Waals surface area contributed by atoms with E-state index in [1.165, 1.54) is 4.88 Å². The minimum atomic E-state index is -0.512. The number of aromatic nitrogens is 7. The summed E-state index contributed by atoms with van der Waals surface area (Å²) in [4.78, 5) is 13.6. The van der Waals surface area contributed by atoms with Crippen LogP contribution in [0.1, 0.15) is 85.7 Å². The Hall–Kier alpha value is -4.12. The van der Waals surface area contributed by atoms with Crippen molar-refractivity contribution in [3.63, 3.8) is 0 Å². The van der Waals surface area contributed by atoms with Crippen LogP contribution in [0.3, 0.4) is 0 Å². The maximum atomic E-state index is 10.1. The highest BCUT2D eigenvalue weighted by atomic mass is 32.1. The van der Waals surface area contributed by atoms with Crippen molar-refractivity contribution < 1.29 is 9.63 Å². The van der Waals surface area contributed by atoms with Gasteiger partial charge in [0.15, 0.2) is 22.9 Å². The van der Waals surface area contributed by atoms with Crippen LogP contribution in [0.5, 0.6) is 0 Å². The maximum Gasteiger partial charge on any atom is 0.184 e. The van der Waals surface area contributed by atoms with E-state index in [0.717, 1.165) is 85.8 Å². The van der Waals surface area contributed by atoms with Gasteiger partial charge in [-0.15, -0.1) is 11.3 Å². The van der Waals surface area contributed by atoms with Crippen LogP contribution >= 0.6 is 11.3 Å². The predicted molar refractivity (Wildman–Crippen MR) is 174 cm³/mol. The van der Waals surface area contributed by atoms with Gasteiger partial charge < -0.3 is 20.3 Å². The summed E-state index contributed by atoms with van der Waals surface area (Å²) in [6.07, 6.45) is 10.9. The molecule has 4 atom stereocenters. The minimum Gasteiger partial charge on any atom is -0.391 e. The Bertz CT molecular complexity index is 1990. The predicted octanol–water partition coefficient (Wildman–Crippen LogP) is 4.85. The minimum absolute atomic E-state index is 0.0645. The van der Waals surface area contributed by atoms with E-state index in [9.17, 15) is 10.4 Å². The zero-order valence-corrected chi connectivity index (χ0v) is 27.2. The molecule has 13 heteroatoms. The number of likely N-dealkylation sites (tertiary alicyclic amines) is 1. The van der Waals surface area contributed by atoms with Crippen LogP contribution < -0.4 is 5.73 Å². The third kappa shape index (κ3) is 4.41. The first-order valence-corrected chi connectivity index (χ1v) is 17.1. The molecule has 0 aromatic carbocycles. The van der Waals surface area contributed by atoms with Gasteiger partial charge in [0.2, 0.25) is 0 Å². The number of nitrogens with two attached hydrogens (primary N) is 1. The van der Waals surface area contributed by atoms with Crippen LogP contribution in [0, 0.1) is 11.3 Å². The molecule has 1 spiro atoms. The van der Waals surface area contributed by atoms with Crippen LogP contribution in [0.15, 0.2) is 23.0 Å². The molecule has 238 valence electrons. The van der Waals surface area contributed by atoms with Crippen LogP contribution in [0.25, 0.3) is 33.9 Å². The quantitative estimate of drug-likeness (QED) is 0.263. The highest BCUT2D eigenvalue weighted by Gasteiger charge is 2.49. The third-order valence-electron chi connectivity index (χ3n) is 10.4. The standard InChI is InChI=1S/C33H38N10O2S/c1-18(44)17-42-14-10-23(38-42)27-22-16-36-31(37-32(22)43(39-27)19(2)24-8-6-13-41(24)3)28-20-7-4-11-33(29(20)45-40-28)12-5-9-25-26(33)21(15-34)30(35)46-25/h10,14,16,18-19,24,44H,4-9,11-13,17,35H2,1-3H3. The van der Waals surface area contributed by atoms with Crippen molar-refractivity contribution in [3.8, 4) is 29.0 Å². The largest absolute Gasteiger partial charge is 0.391 e. The van der Waals surface area contributed by atoms with Gasteiger partial charge in [0, 0.05) is 28.9 Å². The van der Waals surface area contributed by atoms with E-state index in [1.54, 1.807) is 22.9 Å². The fourth-order valence-corrected chi connectivity index (χ4v) is 9.46. The second-order valence-electron chi connectivity index (χ2n) is 13.3.